The zero-order valence-corrected chi connectivity index (χ0v) is 15.6. The van der Waals surface area contributed by atoms with Crippen molar-refractivity contribution in [3.63, 3.8) is 0 Å². The van der Waals surface area contributed by atoms with E-state index in [1.165, 1.54) is 0 Å². The van der Waals surface area contributed by atoms with Crippen LogP contribution >= 0.6 is 23.8 Å². The summed E-state index contributed by atoms with van der Waals surface area (Å²) in [6.45, 7) is 1.33. The summed E-state index contributed by atoms with van der Waals surface area (Å²) < 4.78 is 3.68. The summed E-state index contributed by atoms with van der Waals surface area (Å²) in [5, 5.41) is 13.1. The van der Waals surface area contributed by atoms with Crippen molar-refractivity contribution in [3.05, 3.63) is 65.2 Å². The summed E-state index contributed by atoms with van der Waals surface area (Å²) >= 11 is 11.5. The molecule has 3 rings (SSSR count). The van der Waals surface area contributed by atoms with Gasteiger partial charge in [0.25, 0.3) is 0 Å². The van der Waals surface area contributed by atoms with Crippen LogP contribution in [-0.2, 0) is 20.1 Å². The van der Waals surface area contributed by atoms with Crippen molar-refractivity contribution in [2.24, 2.45) is 7.05 Å². The second-order valence-electron chi connectivity index (χ2n) is 5.79. The van der Waals surface area contributed by atoms with Crippen molar-refractivity contribution >= 4 is 34.6 Å². The smallest absolute Gasteiger partial charge is 0.173 e. The molecule has 130 valence electrons. The van der Waals surface area contributed by atoms with Crippen molar-refractivity contribution in [1.29, 1.82) is 0 Å². The lowest BCUT2D eigenvalue weighted by Crippen LogP contribution is -2.31. The van der Waals surface area contributed by atoms with E-state index >= 15 is 0 Å². The number of rotatable bonds is 5. The SMILES string of the molecule is CN(Cc1ccnn1C)C(=S)Nc1cnn(Cc2cccc(Cl)c2)c1. The number of aromatic nitrogens is 4. The number of benzene rings is 1. The van der Waals surface area contributed by atoms with Crippen molar-refractivity contribution in [1.82, 2.24) is 24.5 Å². The third-order valence-corrected chi connectivity index (χ3v) is 4.44. The molecule has 8 heteroatoms. The molecule has 6 nitrogen and oxygen atoms in total. The van der Waals surface area contributed by atoms with Crippen LogP contribution in [0.2, 0.25) is 5.02 Å². The quantitative estimate of drug-likeness (QED) is 0.695. The molecule has 0 bridgehead atoms. The van der Waals surface area contributed by atoms with E-state index in [-0.39, 0.29) is 0 Å². The highest BCUT2D eigenvalue weighted by atomic mass is 35.5. The third-order valence-electron chi connectivity index (χ3n) is 3.79. The summed E-state index contributed by atoms with van der Waals surface area (Å²) in [6.07, 6.45) is 5.46. The van der Waals surface area contributed by atoms with Crippen LogP contribution in [0, 0.1) is 0 Å². The van der Waals surface area contributed by atoms with Crippen molar-refractivity contribution in [2.45, 2.75) is 13.1 Å². The van der Waals surface area contributed by atoms with E-state index in [1.54, 1.807) is 12.4 Å². The monoisotopic (exact) mass is 374 g/mol. The van der Waals surface area contributed by atoms with E-state index < -0.39 is 0 Å². The first-order chi connectivity index (χ1) is 12.0. The predicted molar refractivity (Wildman–Crippen MR) is 104 cm³/mol. The van der Waals surface area contributed by atoms with Gasteiger partial charge in [0.1, 0.15) is 0 Å². The molecule has 0 radical (unpaired) electrons. The molecule has 0 aliphatic heterocycles. The van der Waals surface area contributed by atoms with Crippen LogP contribution in [0.3, 0.4) is 0 Å². The van der Waals surface area contributed by atoms with Crippen LogP contribution in [0.4, 0.5) is 5.69 Å². The molecule has 2 heterocycles. The minimum atomic E-state index is 0.628. The fourth-order valence-corrected chi connectivity index (χ4v) is 2.82. The Morgan fingerprint density at radius 2 is 2.16 bits per heavy atom. The highest BCUT2D eigenvalue weighted by Gasteiger charge is 2.09. The maximum absolute atomic E-state index is 6.02. The van der Waals surface area contributed by atoms with Crippen molar-refractivity contribution < 1.29 is 0 Å². The molecule has 0 spiro atoms. The largest absolute Gasteiger partial charge is 0.346 e. The summed E-state index contributed by atoms with van der Waals surface area (Å²) in [6, 6.07) is 9.72. The van der Waals surface area contributed by atoms with E-state index in [2.05, 4.69) is 15.5 Å². The van der Waals surface area contributed by atoms with Crippen LogP contribution < -0.4 is 5.32 Å². The van der Waals surface area contributed by atoms with E-state index in [4.69, 9.17) is 23.8 Å². The third kappa shape index (κ3) is 4.58. The van der Waals surface area contributed by atoms with Gasteiger partial charge in [-0.05, 0) is 36.0 Å². The van der Waals surface area contributed by atoms with Gasteiger partial charge in [0.15, 0.2) is 5.11 Å². The zero-order valence-electron chi connectivity index (χ0n) is 14.1. The molecule has 0 unspecified atom stereocenters. The van der Waals surface area contributed by atoms with E-state index in [1.807, 2.05) is 64.9 Å². The van der Waals surface area contributed by atoms with Gasteiger partial charge >= 0.3 is 0 Å². The van der Waals surface area contributed by atoms with Crippen LogP contribution in [-0.4, -0.2) is 36.6 Å². The van der Waals surface area contributed by atoms with Gasteiger partial charge in [-0.15, -0.1) is 0 Å². The molecular formula is C17H19ClN6S. The molecule has 0 amide bonds. The lowest BCUT2D eigenvalue weighted by Gasteiger charge is -2.20. The molecule has 3 aromatic rings. The predicted octanol–water partition coefficient (Wildman–Crippen LogP) is 3.15. The Kier molecular flexibility index (Phi) is 5.35. The van der Waals surface area contributed by atoms with Gasteiger partial charge < -0.3 is 10.2 Å². The number of nitrogens with one attached hydrogen (secondary N) is 1. The molecule has 0 fully saturated rings. The minimum absolute atomic E-state index is 0.628. The van der Waals surface area contributed by atoms with E-state index in [9.17, 15) is 0 Å². The highest BCUT2D eigenvalue weighted by Crippen LogP contribution is 2.13. The first-order valence-corrected chi connectivity index (χ1v) is 8.56. The highest BCUT2D eigenvalue weighted by molar-refractivity contribution is 7.80. The fourth-order valence-electron chi connectivity index (χ4n) is 2.43. The molecule has 1 N–H and O–H groups in total. The maximum Gasteiger partial charge on any atom is 0.173 e. The average molecular weight is 375 g/mol. The number of thiocarbonyl (C=S) groups is 1. The van der Waals surface area contributed by atoms with Crippen LogP contribution in [0.5, 0.6) is 0 Å². The van der Waals surface area contributed by atoms with Gasteiger partial charge in [0.05, 0.1) is 30.7 Å². The average Bonchev–Trinajstić information content (AvgIpc) is 3.17. The number of hydrogen-bond donors (Lipinski definition) is 1. The minimum Gasteiger partial charge on any atom is -0.346 e. The molecule has 0 saturated heterocycles. The number of hydrogen-bond acceptors (Lipinski definition) is 3. The topological polar surface area (TPSA) is 50.9 Å². The summed E-state index contributed by atoms with van der Waals surface area (Å²) in [7, 11) is 3.86. The number of anilines is 1. The molecule has 1 aromatic carbocycles. The summed E-state index contributed by atoms with van der Waals surface area (Å²) in [5.74, 6) is 0. The molecule has 0 saturated carbocycles. The van der Waals surface area contributed by atoms with Crippen LogP contribution in [0.15, 0.2) is 48.9 Å². The molecule has 0 aliphatic carbocycles. The lowest BCUT2D eigenvalue weighted by atomic mass is 10.2. The molecule has 2 aromatic heterocycles. The second-order valence-corrected chi connectivity index (χ2v) is 6.61. The Hall–Kier alpha value is -2.38. The normalized spacial score (nSPS) is 10.7. The first kappa shape index (κ1) is 17.4. The first-order valence-electron chi connectivity index (χ1n) is 7.77. The van der Waals surface area contributed by atoms with Crippen LogP contribution in [0.25, 0.3) is 0 Å². The number of nitrogens with zero attached hydrogens (tertiary/aromatic N) is 5. The summed E-state index contributed by atoms with van der Waals surface area (Å²) in [4.78, 5) is 1.96. The van der Waals surface area contributed by atoms with Gasteiger partial charge in [-0.25, -0.2) is 0 Å². The standard InChI is InChI=1S/C17H19ClN6S/c1-22(12-16-6-7-19-23(16)2)17(25)21-15-9-20-24(11-15)10-13-4-3-5-14(18)8-13/h3-9,11H,10,12H2,1-2H3,(H,21,25). The summed E-state index contributed by atoms with van der Waals surface area (Å²) in [5.41, 5.74) is 3.03. The molecule has 25 heavy (non-hydrogen) atoms. The number of aryl methyl sites for hydroxylation is 1. The Morgan fingerprint density at radius 1 is 1.32 bits per heavy atom. The van der Waals surface area contributed by atoms with Crippen molar-refractivity contribution in [2.75, 3.05) is 12.4 Å². The Bertz CT molecular complexity index is 871. The second kappa shape index (κ2) is 7.67. The van der Waals surface area contributed by atoms with Gasteiger partial charge in [0.2, 0.25) is 0 Å². The maximum atomic E-state index is 6.02. The Labute approximate surface area is 157 Å². The van der Waals surface area contributed by atoms with Gasteiger partial charge in [-0.2, -0.15) is 10.2 Å². The van der Waals surface area contributed by atoms with E-state index in [0.29, 0.717) is 18.2 Å². The zero-order chi connectivity index (χ0) is 17.8. The fraction of sp³-hybridized carbons (Fsp3) is 0.235. The van der Waals surface area contributed by atoms with Gasteiger partial charge in [-0.1, -0.05) is 23.7 Å². The Balaban J connectivity index is 1.59. The lowest BCUT2D eigenvalue weighted by molar-refractivity contribution is 0.482. The molecule has 0 atom stereocenters. The molecular weight excluding hydrogens is 356 g/mol. The van der Waals surface area contributed by atoms with E-state index in [0.717, 1.165) is 22.0 Å². The Morgan fingerprint density at radius 3 is 2.88 bits per heavy atom. The number of halogens is 1. The van der Waals surface area contributed by atoms with Crippen LogP contribution in [0.1, 0.15) is 11.3 Å². The van der Waals surface area contributed by atoms with Gasteiger partial charge in [0, 0.05) is 31.5 Å². The molecule has 0 aliphatic rings. The van der Waals surface area contributed by atoms with Crippen molar-refractivity contribution in [3.8, 4) is 0 Å². The van der Waals surface area contributed by atoms with Gasteiger partial charge in [-0.3, -0.25) is 9.36 Å².